The van der Waals surface area contributed by atoms with Gasteiger partial charge in [0.1, 0.15) is 0 Å². The Morgan fingerprint density at radius 2 is 1.46 bits per heavy atom. The lowest BCUT2D eigenvalue weighted by Gasteiger charge is -2.18. The predicted molar refractivity (Wildman–Crippen MR) is 106 cm³/mol. The Kier molecular flexibility index (Phi) is 7.68. The van der Waals surface area contributed by atoms with Gasteiger partial charge in [-0.1, -0.05) is 92.8 Å². The third kappa shape index (κ3) is 6.24. The maximum atomic E-state index is 5.45. The van der Waals surface area contributed by atoms with Gasteiger partial charge >= 0.3 is 0 Å². The van der Waals surface area contributed by atoms with Crippen LogP contribution < -0.4 is 5.32 Å². The molecule has 1 fully saturated rings. The molecule has 0 saturated heterocycles. The molecule has 1 aromatic heterocycles. The molecule has 0 unspecified atom stereocenters. The summed E-state index contributed by atoms with van der Waals surface area (Å²) in [6, 6.07) is 8.82. The molecule has 0 aliphatic heterocycles. The summed E-state index contributed by atoms with van der Waals surface area (Å²) < 4.78 is 5.45. The number of hydrogen-bond donors (Lipinski definition) is 1. The van der Waals surface area contributed by atoms with Crippen molar-refractivity contribution in [3.05, 3.63) is 35.7 Å². The number of nitrogens with one attached hydrogen (secondary N) is 1. The molecule has 142 valence electrons. The van der Waals surface area contributed by atoms with E-state index in [4.69, 9.17) is 4.52 Å². The van der Waals surface area contributed by atoms with Crippen LogP contribution in [0.15, 0.2) is 28.8 Å². The maximum absolute atomic E-state index is 5.45. The van der Waals surface area contributed by atoms with Crippen LogP contribution in [0, 0.1) is 6.92 Å². The fourth-order valence-electron chi connectivity index (χ4n) is 3.75. The lowest BCUT2D eigenvalue weighted by Crippen LogP contribution is -2.28. The first-order valence-electron chi connectivity index (χ1n) is 10.4. The standard InChI is InChI=1S/C22H33N3O/c1-18-13-15-19(16-14-18)22-24-21(26-25-22)17-23-20-11-9-7-5-3-2-4-6-8-10-12-20/h13-16,20,23H,2-12,17H2,1H3. The number of rotatable bonds is 4. The van der Waals surface area contributed by atoms with Crippen LogP contribution in [-0.4, -0.2) is 16.2 Å². The molecule has 2 aromatic rings. The van der Waals surface area contributed by atoms with Gasteiger partial charge in [0.15, 0.2) is 0 Å². The second-order valence-electron chi connectivity index (χ2n) is 7.71. The lowest BCUT2D eigenvalue weighted by atomic mass is 9.98. The van der Waals surface area contributed by atoms with E-state index in [9.17, 15) is 0 Å². The van der Waals surface area contributed by atoms with Crippen molar-refractivity contribution in [2.24, 2.45) is 0 Å². The van der Waals surface area contributed by atoms with E-state index >= 15 is 0 Å². The summed E-state index contributed by atoms with van der Waals surface area (Å²) in [7, 11) is 0. The Bertz CT molecular complexity index is 623. The summed E-state index contributed by atoms with van der Waals surface area (Å²) >= 11 is 0. The average Bonchev–Trinajstić information content (AvgIpc) is 3.11. The summed E-state index contributed by atoms with van der Waals surface area (Å²) in [5.74, 6) is 1.37. The van der Waals surface area contributed by atoms with Gasteiger partial charge in [-0.3, -0.25) is 0 Å². The molecular formula is C22H33N3O. The van der Waals surface area contributed by atoms with Crippen molar-refractivity contribution in [1.29, 1.82) is 0 Å². The molecule has 0 atom stereocenters. The van der Waals surface area contributed by atoms with Gasteiger partial charge in [-0.15, -0.1) is 0 Å². The number of benzene rings is 1. The van der Waals surface area contributed by atoms with Crippen LogP contribution in [-0.2, 0) is 6.54 Å². The normalized spacial score (nSPS) is 18.2. The maximum Gasteiger partial charge on any atom is 0.240 e. The van der Waals surface area contributed by atoms with E-state index < -0.39 is 0 Å². The molecule has 1 aliphatic carbocycles. The Labute approximate surface area is 157 Å². The third-order valence-electron chi connectivity index (χ3n) is 5.42. The zero-order chi connectivity index (χ0) is 18.0. The van der Waals surface area contributed by atoms with Crippen molar-refractivity contribution in [1.82, 2.24) is 15.5 Å². The van der Waals surface area contributed by atoms with Gasteiger partial charge in [0.2, 0.25) is 11.7 Å². The van der Waals surface area contributed by atoms with Crippen molar-refractivity contribution >= 4 is 0 Å². The lowest BCUT2D eigenvalue weighted by molar-refractivity contribution is 0.340. The molecule has 1 saturated carbocycles. The first kappa shape index (κ1) is 19.1. The first-order chi connectivity index (χ1) is 12.8. The third-order valence-corrected chi connectivity index (χ3v) is 5.42. The zero-order valence-electron chi connectivity index (χ0n) is 16.2. The molecule has 0 spiro atoms. The Balaban J connectivity index is 1.50. The smallest absolute Gasteiger partial charge is 0.240 e. The molecule has 4 heteroatoms. The highest BCUT2D eigenvalue weighted by atomic mass is 16.5. The number of aryl methyl sites for hydroxylation is 1. The highest BCUT2D eigenvalue weighted by Crippen LogP contribution is 2.18. The molecule has 1 N–H and O–H groups in total. The molecule has 3 rings (SSSR count). The fourth-order valence-corrected chi connectivity index (χ4v) is 3.75. The van der Waals surface area contributed by atoms with Gasteiger partial charge in [0.25, 0.3) is 0 Å². The average molecular weight is 356 g/mol. The minimum absolute atomic E-state index is 0.573. The molecule has 1 aromatic carbocycles. The Hall–Kier alpha value is -1.68. The number of hydrogen-bond acceptors (Lipinski definition) is 4. The number of aromatic nitrogens is 2. The highest BCUT2D eigenvalue weighted by molar-refractivity contribution is 5.54. The van der Waals surface area contributed by atoms with E-state index in [2.05, 4.69) is 34.5 Å². The molecule has 0 bridgehead atoms. The quantitative estimate of drug-likeness (QED) is 0.752. The molecule has 4 nitrogen and oxygen atoms in total. The molecular weight excluding hydrogens is 322 g/mol. The van der Waals surface area contributed by atoms with E-state index in [0.29, 0.717) is 24.3 Å². The van der Waals surface area contributed by atoms with E-state index in [0.717, 1.165) is 5.56 Å². The summed E-state index contributed by atoms with van der Waals surface area (Å²) in [6.45, 7) is 2.75. The summed E-state index contributed by atoms with van der Waals surface area (Å²) in [5, 5.41) is 7.80. The highest BCUT2D eigenvalue weighted by Gasteiger charge is 2.13. The summed E-state index contributed by atoms with van der Waals surface area (Å²) in [4.78, 5) is 4.56. The molecule has 26 heavy (non-hydrogen) atoms. The van der Waals surface area contributed by atoms with Gasteiger partial charge in [-0.25, -0.2) is 0 Å². The van der Waals surface area contributed by atoms with Crippen LogP contribution in [0.5, 0.6) is 0 Å². The van der Waals surface area contributed by atoms with Crippen molar-refractivity contribution in [2.75, 3.05) is 0 Å². The van der Waals surface area contributed by atoms with E-state index in [1.807, 2.05) is 12.1 Å². The van der Waals surface area contributed by atoms with Crippen molar-refractivity contribution < 1.29 is 4.52 Å². The van der Waals surface area contributed by atoms with Gasteiger partial charge in [0.05, 0.1) is 6.54 Å². The second-order valence-corrected chi connectivity index (χ2v) is 7.71. The van der Waals surface area contributed by atoms with E-state index in [1.165, 1.54) is 76.2 Å². The van der Waals surface area contributed by atoms with E-state index in [1.54, 1.807) is 0 Å². The monoisotopic (exact) mass is 355 g/mol. The zero-order valence-corrected chi connectivity index (χ0v) is 16.2. The van der Waals surface area contributed by atoms with Crippen LogP contribution in [0.4, 0.5) is 0 Å². The Morgan fingerprint density at radius 1 is 0.885 bits per heavy atom. The summed E-state index contributed by atoms with van der Waals surface area (Å²) in [6.07, 6.45) is 15.0. The molecule has 0 amide bonds. The molecule has 1 heterocycles. The van der Waals surface area contributed by atoms with Crippen molar-refractivity contribution in [2.45, 2.75) is 90.1 Å². The number of nitrogens with zero attached hydrogens (tertiary/aromatic N) is 2. The summed E-state index contributed by atoms with van der Waals surface area (Å²) in [5.41, 5.74) is 2.25. The van der Waals surface area contributed by atoms with Crippen LogP contribution in [0.3, 0.4) is 0 Å². The predicted octanol–water partition coefficient (Wildman–Crippen LogP) is 5.81. The minimum Gasteiger partial charge on any atom is -0.338 e. The van der Waals surface area contributed by atoms with Gasteiger partial charge in [-0.2, -0.15) is 4.98 Å². The van der Waals surface area contributed by atoms with Crippen LogP contribution >= 0.6 is 0 Å². The molecule has 1 aliphatic rings. The van der Waals surface area contributed by atoms with Gasteiger partial charge in [-0.05, 0) is 19.8 Å². The first-order valence-corrected chi connectivity index (χ1v) is 10.4. The topological polar surface area (TPSA) is 51.0 Å². The van der Waals surface area contributed by atoms with Crippen LogP contribution in [0.25, 0.3) is 11.4 Å². The SMILES string of the molecule is Cc1ccc(-c2noc(CNC3CCCCCCCCCCC3)n2)cc1. The van der Waals surface area contributed by atoms with Crippen molar-refractivity contribution in [3.63, 3.8) is 0 Å². The molecule has 0 radical (unpaired) electrons. The fraction of sp³-hybridized carbons (Fsp3) is 0.636. The second kappa shape index (κ2) is 10.5. The van der Waals surface area contributed by atoms with E-state index in [-0.39, 0.29) is 0 Å². The van der Waals surface area contributed by atoms with Gasteiger partial charge < -0.3 is 9.84 Å². The van der Waals surface area contributed by atoms with Crippen molar-refractivity contribution in [3.8, 4) is 11.4 Å². The van der Waals surface area contributed by atoms with Crippen LogP contribution in [0.2, 0.25) is 0 Å². The van der Waals surface area contributed by atoms with Crippen LogP contribution in [0.1, 0.15) is 82.1 Å². The Morgan fingerprint density at radius 3 is 2.08 bits per heavy atom. The van der Waals surface area contributed by atoms with Gasteiger partial charge in [0, 0.05) is 11.6 Å². The largest absolute Gasteiger partial charge is 0.338 e. The minimum atomic E-state index is 0.573.